The van der Waals surface area contributed by atoms with Crippen molar-refractivity contribution in [2.24, 2.45) is 0 Å². The van der Waals surface area contributed by atoms with E-state index in [-0.39, 0.29) is 30.8 Å². The van der Waals surface area contributed by atoms with Gasteiger partial charge >= 0.3 is 5.97 Å². The molecule has 10 nitrogen and oxygen atoms in total. The number of hydrogen-bond acceptors (Lipinski definition) is 7. The predicted molar refractivity (Wildman–Crippen MR) is 128 cm³/mol. The van der Waals surface area contributed by atoms with Gasteiger partial charge in [-0.1, -0.05) is 42.5 Å². The highest BCUT2D eigenvalue weighted by Crippen LogP contribution is 2.42. The molecular weight excluding hydrogens is 473 g/mol. The fourth-order valence-corrected chi connectivity index (χ4v) is 5.35. The lowest BCUT2D eigenvalue weighted by Gasteiger charge is -2.25. The first kappa shape index (κ1) is 26.3. The highest BCUT2D eigenvalue weighted by molar-refractivity contribution is 7.56. The van der Waals surface area contributed by atoms with Crippen LogP contribution in [0.1, 0.15) is 40.1 Å². The molecule has 186 valence electrons. The van der Waals surface area contributed by atoms with Crippen molar-refractivity contribution < 1.29 is 33.0 Å². The van der Waals surface area contributed by atoms with Crippen molar-refractivity contribution in [1.29, 1.82) is 0 Å². The summed E-state index contributed by atoms with van der Waals surface area (Å²) in [4.78, 5) is 50.9. The van der Waals surface area contributed by atoms with Gasteiger partial charge in [-0.2, -0.15) is 0 Å². The topological polar surface area (TPSA) is 131 Å². The highest BCUT2D eigenvalue weighted by Gasteiger charge is 2.37. The number of esters is 1. The van der Waals surface area contributed by atoms with Crippen LogP contribution in [0.5, 0.6) is 0 Å². The second-order valence-electron chi connectivity index (χ2n) is 7.71. The van der Waals surface area contributed by atoms with Crippen LogP contribution in [0.2, 0.25) is 0 Å². The van der Waals surface area contributed by atoms with Crippen LogP contribution in [-0.4, -0.2) is 60.7 Å². The van der Waals surface area contributed by atoms with E-state index in [0.717, 1.165) is 10.5 Å². The zero-order valence-corrected chi connectivity index (χ0v) is 20.5. The second kappa shape index (κ2) is 11.9. The average molecular weight is 501 g/mol. The molecule has 0 aromatic heterocycles. The number of nitrogens with zero attached hydrogens (tertiary/aromatic N) is 1. The van der Waals surface area contributed by atoms with E-state index >= 15 is 0 Å². The summed E-state index contributed by atoms with van der Waals surface area (Å²) in [7, 11) is -3.75. The van der Waals surface area contributed by atoms with Gasteiger partial charge in [0.25, 0.3) is 19.3 Å². The highest BCUT2D eigenvalue weighted by atomic mass is 31.2. The van der Waals surface area contributed by atoms with Crippen LogP contribution in [0.4, 0.5) is 0 Å². The first-order valence-electron chi connectivity index (χ1n) is 11.2. The Kier molecular flexibility index (Phi) is 8.92. The lowest BCUT2D eigenvalue weighted by Crippen LogP contribution is -2.43. The van der Waals surface area contributed by atoms with Crippen LogP contribution in [-0.2, 0) is 29.8 Å². The molecule has 1 aliphatic heterocycles. The number of rotatable bonds is 12. The van der Waals surface area contributed by atoms with Gasteiger partial charge in [0.15, 0.2) is 0 Å². The maximum absolute atomic E-state index is 13.5. The normalized spacial score (nSPS) is 15.3. The lowest BCUT2D eigenvalue weighted by atomic mass is 10.1. The molecule has 0 fully saturated rings. The fraction of sp³-hybridized carbons (Fsp3) is 0.333. The summed E-state index contributed by atoms with van der Waals surface area (Å²) in [6.07, 6.45) is -0.257. The van der Waals surface area contributed by atoms with E-state index in [4.69, 9.17) is 9.26 Å². The maximum atomic E-state index is 13.5. The van der Waals surface area contributed by atoms with Gasteiger partial charge in [0.1, 0.15) is 18.9 Å². The van der Waals surface area contributed by atoms with Crippen LogP contribution in [0.25, 0.3) is 0 Å². The van der Waals surface area contributed by atoms with Crippen molar-refractivity contribution in [2.75, 3.05) is 26.0 Å². The number of hydrogen-bond donors (Lipinski definition) is 2. The molecule has 1 heterocycles. The first-order chi connectivity index (χ1) is 16.8. The molecule has 2 N–H and O–H groups in total. The first-order valence-corrected chi connectivity index (χ1v) is 13.0. The summed E-state index contributed by atoms with van der Waals surface area (Å²) in [6, 6.07) is 14.4. The lowest BCUT2D eigenvalue weighted by molar-refractivity contribution is -0.145. The van der Waals surface area contributed by atoms with Crippen molar-refractivity contribution >= 4 is 31.2 Å². The summed E-state index contributed by atoms with van der Waals surface area (Å²) in [5, 5.41) is 5.20. The van der Waals surface area contributed by atoms with Crippen LogP contribution in [0.15, 0.2) is 54.6 Å². The van der Waals surface area contributed by atoms with E-state index in [1.54, 1.807) is 26.0 Å². The number of amides is 3. The summed E-state index contributed by atoms with van der Waals surface area (Å²) in [5.74, 6) is -2.44. The number of ether oxygens (including phenoxy) is 1. The van der Waals surface area contributed by atoms with E-state index in [1.807, 2.05) is 30.3 Å². The molecule has 2 unspecified atom stereocenters. The second-order valence-corrected chi connectivity index (χ2v) is 9.89. The summed E-state index contributed by atoms with van der Waals surface area (Å²) in [6.45, 7) is 2.95. The Hall–Kier alpha value is -3.33. The number of benzene rings is 2. The minimum Gasteiger partial charge on any atom is -0.465 e. The fourth-order valence-electron chi connectivity index (χ4n) is 3.62. The molecule has 3 rings (SSSR count). The van der Waals surface area contributed by atoms with Crippen molar-refractivity contribution in [2.45, 2.75) is 26.3 Å². The Morgan fingerprint density at radius 1 is 0.943 bits per heavy atom. The van der Waals surface area contributed by atoms with Gasteiger partial charge in [-0.15, -0.1) is 0 Å². The summed E-state index contributed by atoms with van der Waals surface area (Å²) < 4.78 is 24.0. The van der Waals surface area contributed by atoms with Crippen molar-refractivity contribution in [1.82, 2.24) is 15.3 Å². The molecule has 0 aliphatic carbocycles. The van der Waals surface area contributed by atoms with Crippen molar-refractivity contribution in [3.05, 3.63) is 71.3 Å². The molecule has 2 aromatic carbocycles. The number of fused-ring (bicyclic) bond motifs is 1. The summed E-state index contributed by atoms with van der Waals surface area (Å²) in [5.41, 5.74) is 1.27. The summed E-state index contributed by atoms with van der Waals surface area (Å²) >= 11 is 0. The Balaban J connectivity index is 1.66. The molecule has 0 spiro atoms. The third kappa shape index (κ3) is 6.63. The van der Waals surface area contributed by atoms with Gasteiger partial charge < -0.3 is 14.6 Å². The molecule has 11 heteroatoms. The predicted octanol–water partition coefficient (Wildman–Crippen LogP) is 2.35. The van der Waals surface area contributed by atoms with E-state index in [9.17, 15) is 23.7 Å². The van der Waals surface area contributed by atoms with Crippen LogP contribution in [0, 0.1) is 0 Å². The Morgan fingerprint density at radius 2 is 1.54 bits per heavy atom. The largest absolute Gasteiger partial charge is 0.465 e. The minimum atomic E-state index is -3.75. The molecule has 0 saturated carbocycles. The van der Waals surface area contributed by atoms with Gasteiger partial charge in [-0.3, -0.25) is 28.6 Å². The van der Waals surface area contributed by atoms with Crippen molar-refractivity contribution in [3.8, 4) is 0 Å². The third-order valence-electron chi connectivity index (χ3n) is 5.21. The molecular formula is C24H28N3O7P. The van der Waals surface area contributed by atoms with Crippen LogP contribution < -0.4 is 10.4 Å². The number of nitrogens with one attached hydrogen (secondary N) is 2. The minimum absolute atomic E-state index is 0.0550. The van der Waals surface area contributed by atoms with Crippen molar-refractivity contribution in [3.63, 3.8) is 0 Å². The van der Waals surface area contributed by atoms with E-state index < -0.39 is 50.1 Å². The van der Waals surface area contributed by atoms with E-state index in [0.29, 0.717) is 0 Å². The number of imide groups is 1. The molecule has 3 amide bonds. The molecule has 2 aromatic rings. The Bertz CT molecular complexity index is 1100. The van der Waals surface area contributed by atoms with Gasteiger partial charge in [0.2, 0.25) is 5.91 Å². The average Bonchev–Trinajstić information content (AvgIpc) is 3.08. The monoisotopic (exact) mass is 501 g/mol. The number of carbonyl (C=O) groups excluding carboxylic acids is 4. The zero-order chi connectivity index (χ0) is 25.4. The quantitative estimate of drug-likeness (QED) is 0.257. The third-order valence-corrected chi connectivity index (χ3v) is 7.16. The number of carbonyl (C=O) groups is 4. The Morgan fingerprint density at radius 3 is 2.11 bits per heavy atom. The molecule has 35 heavy (non-hydrogen) atoms. The SMILES string of the molecule is CCOC(=O)C(Cc1ccccc1)NP(=O)(CNC(=O)CN1C(=O)c2ccccc2C1=O)OCC. The van der Waals surface area contributed by atoms with Crippen LogP contribution in [0.3, 0.4) is 0 Å². The Labute approximate surface area is 203 Å². The zero-order valence-electron chi connectivity index (χ0n) is 19.6. The molecule has 0 saturated heterocycles. The van der Waals surface area contributed by atoms with E-state index in [1.165, 1.54) is 12.1 Å². The molecule has 0 radical (unpaired) electrons. The molecule has 1 aliphatic rings. The van der Waals surface area contributed by atoms with Gasteiger partial charge in [0.05, 0.1) is 24.3 Å². The maximum Gasteiger partial charge on any atom is 0.323 e. The molecule has 0 bridgehead atoms. The molecule has 2 atom stereocenters. The standard InChI is InChI=1S/C24H28N3O7P/c1-3-33-24(31)20(14-17-10-6-5-7-11-17)26-35(32,34-4-2)16-25-21(28)15-27-22(29)18-12-8-9-13-19(18)23(27)30/h5-13,20H,3-4,14-16H2,1-2H3,(H,25,28)(H,26,32). The van der Waals surface area contributed by atoms with Crippen LogP contribution >= 0.6 is 7.52 Å². The smallest absolute Gasteiger partial charge is 0.323 e. The van der Waals surface area contributed by atoms with E-state index in [2.05, 4.69) is 10.4 Å². The van der Waals surface area contributed by atoms with Gasteiger partial charge in [-0.05, 0) is 38.0 Å². The van der Waals surface area contributed by atoms with Gasteiger partial charge in [-0.25, -0.2) is 5.09 Å². The van der Waals surface area contributed by atoms with Gasteiger partial charge in [0, 0.05) is 0 Å².